The molecule has 0 bridgehead atoms. The van der Waals surface area contributed by atoms with Crippen LogP contribution in [0.5, 0.6) is 0 Å². The number of nitrogens with two attached hydrogens (primary N) is 1. The SMILES string of the molecule is CCN(CC)C/C=C\c1nc(-c2ccccc2)n(-c2ccnc(C(F)F)c2)c1N.CNC. The predicted molar refractivity (Wildman–Crippen MR) is 128 cm³/mol. The average Bonchev–Trinajstić information content (AvgIpc) is 3.14. The zero-order chi connectivity index (χ0) is 23.5. The summed E-state index contributed by atoms with van der Waals surface area (Å²) in [5.41, 5.74) is 8.06. The number of pyridine rings is 1. The van der Waals surface area contributed by atoms with E-state index in [1.807, 2.05) is 56.6 Å². The van der Waals surface area contributed by atoms with Crippen LogP contribution >= 0.6 is 0 Å². The molecule has 2 heterocycles. The molecular formula is C24H32F2N6. The Morgan fingerprint density at radius 1 is 1.12 bits per heavy atom. The Hall–Kier alpha value is -3.10. The van der Waals surface area contributed by atoms with E-state index in [4.69, 9.17) is 10.7 Å². The number of likely N-dealkylation sites (N-methyl/N-ethyl adjacent to an activating group) is 1. The molecule has 6 nitrogen and oxygen atoms in total. The lowest BCUT2D eigenvalue weighted by molar-refractivity contribution is 0.146. The van der Waals surface area contributed by atoms with Crippen LogP contribution in [-0.2, 0) is 0 Å². The molecular weight excluding hydrogens is 410 g/mol. The number of nitrogens with one attached hydrogen (secondary N) is 1. The maximum absolute atomic E-state index is 13.2. The fraction of sp³-hybridized carbons (Fsp3) is 0.333. The molecule has 3 rings (SSSR count). The molecule has 0 atom stereocenters. The Balaban J connectivity index is 0.00000114. The van der Waals surface area contributed by atoms with Gasteiger partial charge in [-0.15, -0.1) is 0 Å². The number of hydrogen-bond acceptors (Lipinski definition) is 5. The maximum atomic E-state index is 13.2. The summed E-state index contributed by atoms with van der Waals surface area (Å²) in [6.07, 6.45) is 2.60. The Kier molecular flexibility index (Phi) is 9.97. The number of aromatic nitrogens is 3. The fourth-order valence-corrected chi connectivity index (χ4v) is 3.11. The van der Waals surface area contributed by atoms with Crippen molar-refractivity contribution in [2.45, 2.75) is 20.3 Å². The van der Waals surface area contributed by atoms with Gasteiger partial charge in [0.2, 0.25) is 0 Å². The topological polar surface area (TPSA) is 72.0 Å². The Morgan fingerprint density at radius 2 is 1.78 bits per heavy atom. The minimum absolute atomic E-state index is 0.298. The van der Waals surface area contributed by atoms with E-state index in [9.17, 15) is 8.78 Å². The zero-order valence-corrected chi connectivity index (χ0v) is 19.1. The van der Waals surface area contributed by atoms with Crippen LogP contribution in [0.15, 0.2) is 54.7 Å². The second-order valence-electron chi connectivity index (χ2n) is 7.04. The average molecular weight is 443 g/mol. The van der Waals surface area contributed by atoms with E-state index >= 15 is 0 Å². The number of halogens is 2. The molecule has 1 aromatic carbocycles. The molecule has 0 saturated heterocycles. The summed E-state index contributed by atoms with van der Waals surface area (Å²) in [5, 5.41) is 2.75. The summed E-state index contributed by atoms with van der Waals surface area (Å²) in [6.45, 7) is 6.90. The number of rotatable bonds is 8. The first kappa shape index (κ1) is 25.2. The lowest BCUT2D eigenvalue weighted by Gasteiger charge is -2.14. The van der Waals surface area contributed by atoms with Gasteiger partial charge in [-0.3, -0.25) is 9.55 Å². The number of nitrogen functional groups attached to an aromatic ring is 1. The Bertz CT molecular complexity index is 981. The molecule has 3 N–H and O–H groups in total. The lowest BCUT2D eigenvalue weighted by atomic mass is 10.2. The fourth-order valence-electron chi connectivity index (χ4n) is 3.11. The second-order valence-corrected chi connectivity index (χ2v) is 7.04. The van der Waals surface area contributed by atoms with Crippen molar-refractivity contribution in [1.29, 1.82) is 0 Å². The van der Waals surface area contributed by atoms with Gasteiger partial charge in [-0.2, -0.15) is 0 Å². The van der Waals surface area contributed by atoms with Crippen LogP contribution in [0.25, 0.3) is 23.2 Å². The number of imidazole rings is 1. The zero-order valence-electron chi connectivity index (χ0n) is 19.1. The van der Waals surface area contributed by atoms with E-state index in [0.717, 1.165) is 25.2 Å². The van der Waals surface area contributed by atoms with E-state index < -0.39 is 6.43 Å². The summed E-state index contributed by atoms with van der Waals surface area (Å²) in [6, 6.07) is 12.5. The Labute approximate surface area is 188 Å². The molecule has 0 spiro atoms. The van der Waals surface area contributed by atoms with Gasteiger partial charge >= 0.3 is 0 Å². The minimum atomic E-state index is -2.66. The standard InChI is InChI=1S/C22H25F2N5.C2H7N/c1-3-28(4-2)14-8-11-18-21(25)29(17-12-13-26-19(15-17)20(23)24)22(27-18)16-9-6-5-7-10-16;1-3-2/h5-13,15,20H,3-4,14,25H2,1-2H3;3H,1-2H3/b11-8-;. The minimum Gasteiger partial charge on any atom is -0.383 e. The summed E-state index contributed by atoms with van der Waals surface area (Å²) in [7, 11) is 3.75. The highest BCUT2D eigenvalue weighted by Gasteiger charge is 2.18. The summed E-state index contributed by atoms with van der Waals surface area (Å²) >= 11 is 0. The number of alkyl halides is 2. The van der Waals surface area contributed by atoms with E-state index in [1.165, 1.54) is 12.3 Å². The smallest absolute Gasteiger partial charge is 0.280 e. The van der Waals surface area contributed by atoms with Crippen LogP contribution in [0.2, 0.25) is 0 Å². The van der Waals surface area contributed by atoms with Crippen LogP contribution < -0.4 is 11.1 Å². The molecule has 0 saturated carbocycles. The molecule has 0 fully saturated rings. The van der Waals surface area contributed by atoms with Crippen LogP contribution in [0.3, 0.4) is 0 Å². The third-order valence-electron chi connectivity index (χ3n) is 4.75. The molecule has 32 heavy (non-hydrogen) atoms. The normalized spacial score (nSPS) is 11.2. The molecule has 0 aliphatic carbocycles. The van der Waals surface area contributed by atoms with Gasteiger partial charge in [0.15, 0.2) is 0 Å². The predicted octanol–water partition coefficient (Wildman–Crippen LogP) is 4.64. The van der Waals surface area contributed by atoms with Crippen molar-refractivity contribution in [2.24, 2.45) is 0 Å². The van der Waals surface area contributed by atoms with Crippen molar-refractivity contribution in [3.8, 4) is 17.1 Å². The van der Waals surface area contributed by atoms with Crippen molar-refractivity contribution in [1.82, 2.24) is 24.8 Å². The van der Waals surface area contributed by atoms with Gasteiger partial charge in [-0.05, 0) is 45.4 Å². The second kappa shape index (κ2) is 12.7. The highest BCUT2D eigenvalue weighted by molar-refractivity contribution is 5.70. The summed E-state index contributed by atoms with van der Waals surface area (Å²) in [4.78, 5) is 10.7. The maximum Gasteiger partial charge on any atom is 0.280 e. The summed E-state index contributed by atoms with van der Waals surface area (Å²) in [5.74, 6) is 0.989. The van der Waals surface area contributed by atoms with E-state index in [2.05, 4.69) is 29.0 Å². The number of benzene rings is 1. The first-order valence-corrected chi connectivity index (χ1v) is 10.6. The number of hydrogen-bond donors (Lipinski definition) is 2. The molecule has 2 aromatic heterocycles. The van der Waals surface area contributed by atoms with E-state index in [-0.39, 0.29) is 5.69 Å². The lowest BCUT2D eigenvalue weighted by Crippen LogP contribution is -2.22. The number of nitrogens with zero attached hydrogens (tertiary/aromatic N) is 4. The third-order valence-corrected chi connectivity index (χ3v) is 4.75. The van der Waals surface area contributed by atoms with Crippen molar-refractivity contribution >= 4 is 11.9 Å². The van der Waals surface area contributed by atoms with Crippen LogP contribution in [0, 0.1) is 0 Å². The van der Waals surface area contributed by atoms with Crippen LogP contribution in [0.1, 0.15) is 31.7 Å². The van der Waals surface area contributed by atoms with Crippen molar-refractivity contribution in [2.75, 3.05) is 39.5 Å². The first-order chi connectivity index (χ1) is 15.5. The van der Waals surface area contributed by atoms with Crippen LogP contribution in [-0.4, -0.2) is 53.2 Å². The van der Waals surface area contributed by atoms with Gasteiger partial charge in [0.25, 0.3) is 6.43 Å². The first-order valence-electron chi connectivity index (χ1n) is 10.6. The molecule has 3 aromatic rings. The molecule has 0 radical (unpaired) electrons. The molecule has 0 amide bonds. The summed E-state index contributed by atoms with van der Waals surface area (Å²) < 4.78 is 28.0. The molecule has 0 aliphatic heterocycles. The van der Waals surface area contributed by atoms with Gasteiger partial charge in [0.05, 0.1) is 5.69 Å². The van der Waals surface area contributed by atoms with E-state index in [1.54, 1.807) is 10.6 Å². The van der Waals surface area contributed by atoms with Gasteiger partial charge in [-0.1, -0.05) is 50.3 Å². The number of anilines is 1. The molecule has 0 aliphatic rings. The Morgan fingerprint density at radius 3 is 2.38 bits per heavy atom. The third kappa shape index (κ3) is 6.45. The van der Waals surface area contributed by atoms with Crippen molar-refractivity contribution in [3.63, 3.8) is 0 Å². The van der Waals surface area contributed by atoms with Crippen LogP contribution in [0.4, 0.5) is 14.6 Å². The van der Waals surface area contributed by atoms with Gasteiger partial charge in [0.1, 0.15) is 23.0 Å². The van der Waals surface area contributed by atoms with Crippen molar-refractivity contribution < 1.29 is 8.78 Å². The molecule has 172 valence electrons. The van der Waals surface area contributed by atoms with Gasteiger partial charge in [0, 0.05) is 18.3 Å². The van der Waals surface area contributed by atoms with Gasteiger partial charge in [-0.25, -0.2) is 13.8 Å². The molecule has 0 unspecified atom stereocenters. The van der Waals surface area contributed by atoms with E-state index in [0.29, 0.717) is 23.0 Å². The largest absolute Gasteiger partial charge is 0.383 e. The van der Waals surface area contributed by atoms with Crippen molar-refractivity contribution in [3.05, 3.63) is 66.1 Å². The van der Waals surface area contributed by atoms with Gasteiger partial charge < -0.3 is 16.0 Å². The quantitative estimate of drug-likeness (QED) is 0.532. The molecule has 8 heteroatoms. The highest BCUT2D eigenvalue weighted by Crippen LogP contribution is 2.30. The highest BCUT2D eigenvalue weighted by atomic mass is 19.3. The monoisotopic (exact) mass is 442 g/mol.